The molecule has 3 saturated heterocycles. The van der Waals surface area contributed by atoms with Crippen LogP contribution in [0.1, 0.15) is 107 Å². The van der Waals surface area contributed by atoms with Crippen molar-refractivity contribution in [3.63, 3.8) is 0 Å². The van der Waals surface area contributed by atoms with Gasteiger partial charge in [-0.05, 0) is 85.6 Å². The molecule has 0 unspecified atom stereocenters. The number of aliphatic imine (C=N–C) groups is 1. The number of halogens is 2. The van der Waals surface area contributed by atoms with Gasteiger partial charge in [0.2, 0.25) is 0 Å². The first-order valence-corrected chi connectivity index (χ1v) is 39.9. The number of ketones is 1. The largest absolute Gasteiger partial charge is 1.00 e. The van der Waals surface area contributed by atoms with Gasteiger partial charge in [-0.15, -0.1) is 12.4 Å². The number of rotatable bonds is 16. The van der Waals surface area contributed by atoms with Gasteiger partial charge in [-0.2, -0.15) is 0 Å². The van der Waals surface area contributed by atoms with Crippen molar-refractivity contribution < 1.29 is 79.3 Å². The number of nitrogens with zero attached hydrogens (tertiary/aromatic N) is 8. The van der Waals surface area contributed by atoms with Gasteiger partial charge in [0, 0.05) is 152 Å². The summed E-state index contributed by atoms with van der Waals surface area (Å²) in [7, 11) is -2.93. The van der Waals surface area contributed by atoms with Crippen molar-refractivity contribution in [2.24, 2.45) is 4.99 Å². The van der Waals surface area contributed by atoms with Crippen molar-refractivity contribution >= 4 is 72.4 Å². The van der Waals surface area contributed by atoms with Crippen LogP contribution in [0.4, 0.5) is 9.59 Å². The molecule has 4 aliphatic heterocycles. The molecule has 0 spiro atoms. The predicted octanol–water partition coefficient (Wildman–Crippen LogP) is 8.86. The Morgan fingerprint density at radius 2 is 1.22 bits per heavy atom. The van der Waals surface area contributed by atoms with Gasteiger partial charge in [-0.3, -0.25) is 9.79 Å². The van der Waals surface area contributed by atoms with Gasteiger partial charge < -0.3 is 64.6 Å². The maximum Gasteiger partial charge on any atom is 1.00 e. The summed E-state index contributed by atoms with van der Waals surface area (Å²) in [5.41, 5.74) is -2.76. The number of hydrogen-bond donors (Lipinski definition) is 4. The zero-order valence-corrected chi connectivity index (χ0v) is 59.4. The van der Waals surface area contributed by atoms with E-state index in [2.05, 4.69) is 89.2 Å². The number of carbonyl (C=O) groups excluding carboxylic acids is 3. The predicted molar refractivity (Wildman–Crippen MR) is 342 cm³/mol. The third-order valence-electron chi connectivity index (χ3n) is 12.4. The fraction of sp³-hybridized carbons (Fsp3) is 0.737. The monoisotopic (exact) mass is 1270 g/mol. The fourth-order valence-electron chi connectivity index (χ4n) is 7.48. The molecule has 3 fully saturated rings. The van der Waals surface area contributed by atoms with Gasteiger partial charge in [-0.25, -0.2) is 24.5 Å². The zero-order valence-electron chi connectivity index (χ0n) is 53.9. The number of aromatic nitrogens is 6. The molecule has 7 rings (SSSR count). The quantitative estimate of drug-likeness (QED) is 0.0596. The second-order valence-corrected chi connectivity index (χ2v) is 43.1. The van der Waals surface area contributed by atoms with E-state index in [9.17, 15) is 24.6 Å². The van der Waals surface area contributed by atoms with E-state index in [-0.39, 0.29) is 68.8 Å². The molecular formula is C57H109Cl2N10NaO10Si3. The summed E-state index contributed by atoms with van der Waals surface area (Å²) in [5.74, 6) is 1.54. The molecule has 0 aromatic carbocycles. The molecule has 0 bridgehead atoms. The molecule has 2 amide bonds. The Hall–Kier alpha value is -2.76. The average Bonchev–Trinajstić information content (AvgIpc) is 4.34. The van der Waals surface area contributed by atoms with Crippen molar-refractivity contribution in [2.75, 3.05) is 65.2 Å². The number of hydrogen-bond acceptors (Lipinski definition) is 15. The Kier molecular flexibility index (Phi) is 40.3. The van der Waals surface area contributed by atoms with Gasteiger partial charge in [0.05, 0.1) is 6.33 Å². The van der Waals surface area contributed by atoms with E-state index < -0.39 is 46.6 Å². The second-order valence-electron chi connectivity index (χ2n) is 26.0. The van der Waals surface area contributed by atoms with Crippen LogP contribution in [-0.2, 0) is 53.1 Å². The Labute approximate surface area is 536 Å². The molecule has 3 aromatic heterocycles. The topological polar surface area (TPSA) is 233 Å². The van der Waals surface area contributed by atoms with Crippen LogP contribution in [0.15, 0.2) is 60.8 Å². The van der Waals surface area contributed by atoms with E-state index in [4.69, 9.17) is 35.3 Å². The normalized spacial score (nSPS) is 16.3. The van der Waals surface area contributed by atoms with Crippen LogP contribution in [-0.4, -0.2) is 174 Å². The Morgan fingerprint density at radius 1 is 0.711 bits per heavy atom. The van der Waals surface area contributed by atoms with Gasteiger partial charge >= 0.3 is 41.7 Å². The van der Waals surface area contributed by atoms with E-state index in [1.54, 1.807) is 47.1 Å². The van der Waals surface area contributed by atoms with Gasteiger partial charge in [0.25, 0.3) is 0 Å². The Bertz CT molecular complexity index is 2220. The van der Waals surface area contributed by atoms with Gasteiger partial charge in [0.15, 0.2) is 0 Å². The van der Waals surface area contributed by atoms with Crippen molar-refractivity contribution in [1.29, 1.82) is 0 Å². The summed E-state index contributed by atoms with van der Waals surface area (Å²) in [5, 5.41) is 24.4. The maximum absolute atomic E-state index is 12.2. The van der Waals surface area contributed by atoms with Crippen molar-refractivity contribution in [3.8, 4) is 0 Å². The van der Waals surface area contributed by atoms with Crippen LogP contribution >= 0.6 is 24.0 Å². The first kappa shape index (κ1) is 82.3. The Morgan fingerprint density at radius 3 is 1.63 bits per heavy atom. The number of aromatic amines is 1. The maximum atomic E-state index is 12.2. The molecule has 83 heavy (non-hydrogen) atoms. The van der Waals surface area contributed by atoms with Crippen LogP contribution in [0.3, 0.4) is 0 Å². The first-order chi connectivity index (χ1) is 37.2. The van der Waals surface area contributed by atoms with Gasteiger partial charge in [-0.1, -0.05) is 84.0 Å². The second kappa shape index (κ2) is 40.6. The molecule has 7 heterocycles. The summed E-state index contributed by atoms with van der Waals surface area (Å²) in [6.07, 6.45) is 21.7. The summed E-state index contributed by atoms with van der Waals surface area (Å²) in [6, 6.07) is 3.87. The smallest absolute Gasteiger partial charge is 1.00 e. The van der Waals surface area contributed by atoms with Crippen molar-refractivity contribution in [3.05, 3.63) is 67.4 Å². The number of imidazole rings is 3. The molecule has 474 valence electrons. The number of allylic oxidation sites excluding steroid dienone is 1. The number of amides is 2. The summed E-state index contributed by atoms with van der Waals surface area (Å²) < 4.78 is 30.7. The summed E-state index contributed by atoms with van der Waals surface area (Å²) >= 11 is 5.32. The number of nitrogens with one attached hydrogen (secondary N) is 2. The molecule has 0 radical (unpaired) electrons. The molecule has 4 N–H and O–H groups in total. The third kappa shape index (κ3) is 38.9. The average molecular weight is 1270 g/mol. The molecule has 0 saturated carbocycles. The number of likely N-dealkylation sites (tertiary alicyclic amines) is 2. The molecule has 3 aromatic rings. The van der Waals surface area contributed by atoms with E-state index >= 15 is 0 Å². The summed E-state index contributed by atoms with van der Waals surface area (Å²) in [4.78, 5) is 57.0. The molecule has 4 aliphatic rings. The van der Waals surface area contributed by atoms with E-state index in [1.165, 1.54) is 12.1 Å². The number of aliphatic hydroxyl groups is 2. The molecular weight excluding hydrogens is 1160 g/mol. The van der Waals surface area contributed by atoms with Crippen LogP contribution in [0.2, 0.25) is 77.1 Å². The molecule has 26 heteroatoms. The molecule has 0 aliphatic carbocycles. The van der Waals surface area contributed by atoms with Gasteiger partial charge in [0.1, 0.15) is 59.4 Å². The van der Waals surface area contributed by atoms with Crippen LogP contribution in [0.25, 0.3) is 0 Å². The summed E-state index contributed by atoms with van der Waals surface area (Å²) in [6.45, 7) is 39.1. The zero-order chi connectivity index (χ0) is 60.1. The number of Topliss-reactive ketones (excluding diaryl/α,β-unsaturated/α-hetero) is 1. The molecule has 0 atom stereocenters. The number of H-pyrrole nitrogens is 1. The van der Waals surface area contributed by atoms with E-state index in [1.807, 2.05) is 75.4 Å². The number of alkyl halides is 1. The first-order valence-electron chi connectivity index (χ1n) is 28.3. The van der Waals surface area contributed by atoms with Crippen LogP contribution in [0.5, 0.6) is 0 Å². The minimum atomic E-state index is -1.12. The number of ether oxygens (including phenoxy) is 5. The van der Waals surface area contributed by atoms with Crippen molar-refractivity contribution in [2.45, 2.75) is 207 Å². The standard InChI is InChI=1S/C19H35N3O4Si.C10H17NO3.C9H18N2OSi.C8H13N3O.C6H15ClOSi.C4H5N.CH4.ClH.Na.H/c1-18(2,3)26-17(23)21-10-7-19(24,8-11-21)16-20-9-12-22(16)15-25-13-14-27(4,5)6;1-10(2,3)14-9(13)11-6-4-8(12)5-7-11;1-13(2,3)7-6-12-9-11-5-4-10-8-11;12-8(1-3-9-4-2-8)7-10-5-6-11-7;1-9(2,3)5-4-8-6-7;1-2-4-5-3-1;;;;/h9,12,24H,7-8,10-11,13-15H2,1-6H3;4-7H2,1-3H3;4-5,8H,6-7,9H2,1-3H3;5-6,9,12H,1-4H2,(H,10,11);4-6H2,1-3H3;1,3-4H,2H2;1H4;1H;;/q;;;;;;;;+1;-1. The van der Waals surface area contributed by atoms with Crippen LogP contribution in [0, 0.1) is 0 Å². The SMILES string of the molecule is C.C1=CN=CC1.CC(C)(C)OC(=O)N1CCC(=O)CC1.CC(C)(C)OC(=O)N1CCC(O)(c2nccn2COCC[Si](C)(C)C)CC1.C[Si](C)(C)CCOCCl.C[Si](C)(C)CCOCn1ccnc1.Cl.OC1(c2ncc[nH]2)CCNCC1.[H-].[Na+]. The van der Waals surface area contributed by atoms with E-state index in [0.717, 1.165) is 58.2 Å². The van der Waals surface area contributed by atoms with Crippen molar-refractivity contribution in [1.82, 2.24) is 44.2 Å². The minimum Gasteiger partial charge on any atom is -1.00 e. The molecule has 20 nitrogen and oxygen atoms in total. The minimum absolute atomic E-state index is 0. The van der Waals surface area contributed by atoms with E-state index in [0.29, 0.717) is 83.0 Å². The fourth-order valence-corrected chi connectivity index (χ4v) is 9.86. The number of carbonyl (C=O) groups is 3. The third-order valence-corrected chi connectivity index (χ3v) is 17.6. The van der Waals surface area contributed by atoms with Crippen LogP contribution < -0.4 is 34.9 Å². The number of piperidine rings is 3. The Balaban J connectivity index is -0.000000992.